The van der Waals surface area contributed by atoms with Gasteiger partial charge < -0.3 is 0 Å². The van der Waals surface area contributed by atoms with Crippen molar-refractivity contribution in [3.05, 3.63) is 78.4 Å². The Kier molecular flexibility index (Phi) is 4.49. The maximum Gasteiger partial charge on any atom is 0.263 e. The van der Waals surface area contributed by atoms with Crippen molar-refractivity contribution < 1.29 is 8.42 Å². The van der Waals surface area contributed by atoms with Crippen molar-refractivity contribution in [1.82, 2.24) is 24.8 Å². The van der Waals surface area contributed by atoms with E-state index in [1.165, 1.54) is 18.5 Å². The molecule has 0 saturated carbocycles. The molecule has 0 spiro atoms. The number of benzene rings is 1. The zero-order chi connectivity index (χ0) is 20.6. The number of fused-ring (bicyclic) bond motifs is 1. The number of rotatable bonds is 5. The van der Waals surface area contributed by atoms with Crippen LogP contribution in [0.5, 0.6) is 0 Å². The van der Waals surface area contributed by atoms with Crippen molar-refractivity contribution >= 4 is 32.7 Å². The number of nitrogens with one attached hydrogen (secondary N) is 1. The van der Waals surface area contributed by atoms with Gasteiger partial charge in [-0.25, -0.2) is 8.42 Å². The lowest BCUT2D eigenvalue weighted by Crippen LogP contribution is -2.13. The highest BCUT2D eigenvalue weighted by Gasteiger charge is 2.15. The molecule has 4 heterocycles. The topological polar surface area (TPSA) is 102 Å². The smallest absolute Gasteiger partial charge is 0.263 e. The van der Waals surface area contributed by atoms with E-state index in [1.807, 2.05) is 35.7 Å². The molecule has 0 saturated heterocycles. The highest BCUT2D eigenvalue weighted by atomic mass is 32.2. The van der Waals surface area contributed by atoms with Gasteiger partial charge in [-0.2, -0.15) is 9.61 Å². The normalized spacial score (nSPS) is 11.6. The Morgan fingerprint density at radius 2 is 1.90 bits per heavy atom. The van der Waals surface area contributed by atoms with Crippen LogP contribution in [0, 0.1) is 0 Å². The lowest BCUT2D eigenvalue weighted by atomic mass is 10.1. The molecule has 0 atom stereocenters. The lowest BCUT2D eigenvalue weighted by Gasteiger charge is -2.09. The minimum Gasteiger partial charge on any atom is -0.280 e. The largest absolute Gasteiger partial charge is 0.280 e. The highest BCUT2D eigenvalue weighted by Crippen LogP contribution is 2.26. The van der Waals surface area contributed by atoms with E-state index in [4.69, 9.17) is 0 Å². The minimum absolute atomic E-state index is 0.0972. The van der Waals surface area contributed by atoms with Crippen molar-refractivity contribution in [3.63, 3.8) is 0 Å². The number of hydrogen-bond acceptors (Lipinski definition) is 7. The van der Waals surface area contributed by atoms with Gasteiger partial charge in [-0.3, -0.25) is 9.71 Å². The molecule has 148 valence electrons. The average molecular weight is 435 g/mol. The lowest BCUT2D eigenvalue weighted by molar-refractivity contribution is 0.601. The van der Waals surface area contributed by atoms with Crippen LogP contribution in [0.25, 0.3) is 27.6 Å². The predicted octanol–water partition coefficient (Wildman–Crippen LogP) is 3.72. The van der Waals surface area contributed by atoms with Crippen molar-refractivity contribution in [1.29, 1.82) is 0 Å². The van der Waals surface area contributed by atoms with Crippen LogP contribution >= 0.6 is 11.3 Å². The maximum absolute atomic E-state index is 12.6. The first kappa shape index (κ1) is 18.4. The van der Waals surface area contributed by atoms with E-state index in [-0.39, 0.29) is 4.90 Å². The van der Waals surface area contributed by atoms with E-state index < -0.39 is 10.0 Å². The second-order valence-corrected chi connectivity index (χ2v) is 8.99. The van der Waals surface area contributed by atoms with Crippen LogP contribution in [0.4, 0.5) is 5.69 Å². The number of aromatic nitrogens is 5. The molecule has 1 aromatic carbocycles. The van der Waals surface area contributed by atoms with Crippen molar-refractivity contribution in [2.24, 2.45) is 0 Å². The van der Waals surface area contributed by atoms with Gasteiger partial charge in [0.05, 0.1) is 10.6 Å². The summed E-state index contributed by atoms with van der Waals surface area (Å²) in [6, 6.07) is 17.7. The van der Waals surface area contributed by atoms with Gasteiger partial charge in [0.1, 0.15) is 4.90 Å². The van der Waals surface area contributed by atoms with E-state index in [0.29, 0.717) is 22.9 Å². The molecule has 5 rings (SSSR count). The second kappa shape index (κ2) is 7.32. The summed E-state index contributed by atoms with van der Waals surface area (Å²) in [7, 11) is -3.73. The van der Waals surface area contributed by atoms with Gasteiger partial charge in [-0.15, -0.1) is 21.5 Å². The van der Waals surface area contributed by atoms with Gasteiger partial charge in [0.2, 0.25) is 0 Å². The summed E-state index contributed by atoms with van der Waals surface area (Å²) >= 11 is 1.56. The first-order chi connectivity index (χ1) is 14.6. The quantitative estimate of drug-likeness (QED) is 0.452. The fourth-order valence-corrected chi connectivity index (χ4v) is 4.67. The van der Waals surface area contributed by atoms with E-state index in [9.17, 15) is 8.42 Å². The third-order valence-electron chi connectivity index (χ3n) is 4.36. The van der Waals surface area contributed by atoms with Gasteiger partial charge in [0, 0.05) is 23.6 Å². The van der Waals surface area contributed by atoms with E-state index in [2.05, 4.69) is 25.0 Å². The molecule has 0 aliphatic heterocycles. The summed E-state index contributed by atoms with van der Waals surface area (Å²) in [6.45, 7) is 0. The molecule has 0 unspecified atom stereocenters. The first-order valence-electron chi connectivity index (χ1n) is 8.90. The summed E-state index contributed by atoms with van der Waals surface area (Å²) < 4.78 is 29.4. The molecule has 0 radical (unpaired) electrons. The number of thiophene rings is 1. The Morgan fingerprint density at radius 3 is 2.70 bits per heavy atom. The third-order valence-corrected chi connectivity index (χ3v) is 6.59. The summed E-state index contributed by atoms with van der Waals surface area (Å²) in [4.78, 5) is 4.93. The number of pyridine rings is 1. The van der Waals surface area contributed by atoms with Gasteiger partial charge in [0.15, 0.2) is 11.5 Å². The summed E-state index contributed by atoms with van der Waals surface area (Å²) in [6.07, 6.45) is 2.83. The molecule has 0 amide bonds. The van der Waals surface area contributed by atoms with Crippen LogP contribution in [0.15, 0.2) is 83.3 Å². The molecule has 5 aromatic rings. The monoisotopic (exact) mass is 434 g/mol. The highest BCUT2D eigenvalue weighted by molar-refractivity contribution is 7.92. The van der Waals surface area contributed by atoms with Gasteiger partial charge >= 0.3 is 0 Å². The Hall–Kier alpha value is -3.63. The van der Waals surface area contributed by atoms with E-state index in [0.717, 1.165) is 10.4 Å². The number of sulfonamides is 1. The molecular formula is C20H14N6O2S2. The van der Waals surface area contributed by atoms with Crippen molar-refractivity contribution in [2.45, 2.75) is 4.90 Å². The van der Waals surface area contributed by atoms with E-state index >= 15 is 0 Å². The molecule has 10 heteroatoms. The van der Waals surface area contributed by atoms with Crippen LogP contribution in [-0.2, 0) is 10.0 Å². The first-order valence-corrected chi connectivity index (χ1v) is 11.3. The second-order valence-electron chi connectivity index (χ2n) is 6.36. The molecule has 0 aliphatic carbocycles. The molecule has 0 aliphatic rings. The van der Waals surface area contributed by atoms with Gasteiger partial charge in [-0.05, 0) is 47.8 Å². The fourth-order valence-electron chi connectivity index (χ4n) is 2.96. The predicted molar refractivity (Wildman–Crippen MR) is 115 cm³/mol. The van der Waals surface area contributed by atoms with Crippen LogP contribution in [0.1, 0.15) is 0 Å². The van der Waals surface area contributed by atoms with Gasteiger partial charge in [0.25, 0.3) is 10.0 Å². The zero-order valence-electron chi connectivity index (χ0n) is 15.4. The average Bonchev–Trinajstić information content (AvgIpc) is 3.43. The van der Waals surface area contributed by atoms with Crippen molar-refractivity contribution in [2.75, 3.05) is 4.72 Å². The zero-order valence-corrected chi connectivity index (χ0v) is 17.0. The summed E-state index contributed by atoms with van der Waals surface area (Å²) in [5.74, 6) is 0.662. The summed E-state index contributed by atoms with van der Waals surface area (Å²) in [5, 5.41) is 15.0. The Balaban J connectivity index is 1.51. The standard InChI is InChI=1S/C20H14N6O2S2/c27-30(28,16-6-2-10-21-13-16)25-15-5-1-4-14(12-15)17-8-9-19-22-23-20(26(19)24-17)18-7-3-11-29-18/h1-13,25H. The minimum atomic E-state index is -3.73. The Morgan fingerprint density at radius 1 is 0.967 bits per heavy atom. The van der Waals surface area contributed by atoms with Crippen LogP contribution in [0.3, 0.4) is 0 Å². The number of nitrogens with zero attached hydrogens (tertiary/aromatic N) is 5. The van der Waals surface area contributed by atoms with E-state index in [1.54, 1.807) is 40.1 Å². The summed E-state index contributed by atoms with van der Waals surface area (Å²) in [5.41, 5.74) is 2.49. The molecule has 0 fully saturated rings. The van der Waals surface area contributed by atoms with Crippen LogP contribution < -0.4 is 4.72 Å². The number of anilines is 1. The molecule has 8 nitrogen and oxygen atoms in total. The molecule has 1 N–H and O–H groups in total. The Labute approximate surface area is 175 Å². The maximum atomic E-state index is 12.6. The van der Waals surface area contributed by atoms with Crippen molar-refractivity contribution in [3.8, 4) is 22.0 Å². The molecule has 4 aromatic heterocycles. The number of hydrogen-bond donors (Lipinski definition) is 1. The third kappa shape index (κ3) is 3.42. The molecule has 0 bridgehead atoms. The Bertz CT molecular complexity index is 1430. The fraction of sp³-hybridized carbons (Fsp3) is 0. The van der Waals surface area contributed by atoms with Gasteiger partial charge in [-0.1, -0.05) is 18.2 Å². The SMILES string of the molecule is O=S(=O)(Nc1cccc(-c2ccc3nnc(-c4cccs4)n3n2)c1)c1cccnc1. The molecule has 30 heavy (non-hydrogen) atoms. The van der Waals surface area contributed by atoms with Crippen LogP contribution in [-0.4, -0.2) is 33.2 Å². The van der Waals surface area contributed by atoms with Crippen LogP contribution in [0.2, 0.25) is 0 Å². The molecular weight excluding hydrogens is 420 g/mol.